The first-order chi connectivity index (χ1) is 13.8. The number of aryl methyl sites for hydroxylation is 1. The summed E-state index contributed by atoms with van der Waals surface area (Å²) in [5.41, 5.74) is 1.31. The van der Waals surface area contributed by atoms with Crippen molar-refractivity contribution in [1.82, 2.24) is 4.90 Å². The highest BCUT2D eigenvalue weighted by atomic mass is 32.2. The number of esters is 1. The first kappa shape index (κ1) is 20.3. The smallest absolute Gasteiger partial charge is 0.326 e. The normalized spacial score (nSPS) is 15.2. The second-order valence-corrected chi connectivity index (χ2v) is 7.02. The van der Waals surface area contributed by atoms with E-state index in [0.717, 1.165) is 4.90 Å². The Kier molecular flexibility index (Phi) is 5.83. The number of carbonyl (C=O) groups excluding carboxylic acids is 3. The average Bonchev–Trinajstić information content (AvgIpc) is 3.22. The van der Waals surface area contributed by atoms with Crippen molar-refractivity contribution in [2.45, 2.75) is 13.8 Å². The van der Waals surface area contributed by atoms with Gasteiger partial charge < -0.3 is 9.15 Å². The topological polar surface area (TPSA) is 120 Å². The van der Waals surface area contributed by atoms with E-state index in [1.54, 1.807) is 32.0 Å². The minimum Gasteiger partial charge on any atom is -0.465 e. The molecule has 2 aromatic rings. The fraction of sp³-hybridized carbons (Fsp3) is 0.211. The van der Waals surface area contributed by atoms with Crippen LogP contribution in [0.15, 0.2) is 39.7 Å². The monoisotopic (exact) mass is 416 g/mol. The number of furan rings is 1. The summed E-state index contributed by atoms with van der Waals surface area (Å²) in [5.74, 6) is -0.462. The number of imide groups is 1. The molecule has 1 aliphatic heterocycles. The van der Waals surface area contributed by atoms with E-state index in [2.05, 4.69) is 0 Å². The Morgan fingerprint density at radius 1 is 1.31 bits per heavy atom. The zero-order chi connectivity index (χ0) is 21.1. The summed E-state index contributed by atoms with van der Waals surface area (Å²) in [5, 5.41) is 10.3. The van der Waals surface area contributed by atoms with Crippen LogP contribution in [0.3, 0.4) is 0 Å². The van der Waals surface area contributed by atoms with Gasteiger partial charge in [-0.25, -0.2) is 0 Å². The lowest BCUT2D eigenvalue weighted by Crippen LogP contribution is -2.34. The summed E-state index contributed by atoms with van der Waals surface area (Å²) in [7, 11) is 0. The molecule has 0 unspecified atom stereocenters. The van der Waals surface area contributed by atoms with E-state index < -0.39 is 28.6 Å². The van der Waals surface area contributed by atoms with Crippen LogP contribution in [-0.2, 0) is 14.3 Å². The van der Waals surface area contributed by atoms with Crippen molar-refractivity contribution in [3.63, 3.8) is 0 Å². The van der Waals surface area contributed by atoms with Gasteiger partial charge >= 0.3 is 5.97 Å². The third-order valence-electron chi connectivity index (χ3n) is 4.05. The van der Waals surface area contributed by atoms with Gasteiger partial charge in [-0.3, -0.25) is 29.4 Å². The Balaban J connectivity index is 1.80. The summed E-state index contributed by atoms with van der Waals surface area (Å²) >= 11 is 0.706. The van der Waals surface area contributed by atoms with Crippen molar-refractivity contribution in [2.75, 3.05) is 13.2 Å². The van der Waals surface area contributed by atoms with E-state index >= 15 is 0 Å². The molecule has 1 fully saturated rings. The van der Waals surface area contributed by atoms with E-state index in [0.29, 0.717) is 34.4 Å². The largest absolute Gasteiger partial charge is 0.465 e. The van der Waals surface area contributed by atoms with Crippen LogP contribution in [-0.4, -0.2) is 40.1 Å². The van der Waals surface area contributed by atoms with Gasteiger partial charge in [-0.1, -0.05) is 0 Å². The van der Waals surface area contributed by atoms with Gasteiger partial charge in [0, 0.05) is 23.8 Å². The lowest BCUT2D eigenvalue weighted by Gasteiger charge is -2.10. The molecule has 29 heavy (non-hydrogen) atoms. The van der Waals surface area contributed by atoms with E-state index in [4.69, 9.17) is 9.15 Å². The number of amides is 2. The molecule has 1 aliphatic rings. The molecule has 0 N–H and O–H groups in total. The maximum atomic E-state index is 12.4. The Morgan fingerprint density at radius 2 is 2.07 bits per heavy atom. The van der Waals surface area contributed by atoms with Crippen LogP contribution >= 0.6 is 11.8 Å². The molecule has 1 aromatic carbocycles. The van der Waals surface area contributed by atoms with Gasteiger partial charge in [0.2, 0.25) is 0 Å². The third kappa shape index (κ3) is 4.37. The third-order valence-corrected chi connectivity index (χ3v) is 4.96. The number of rotatable bonds is 6. The quantitative estimate of drug-likeness (QED) is 0.302. The molecule has 0 aliphatic carbocycles. The van der Waals surface area contributed by atoms with Gasteiger partial charge in [0.1, 0.15) is 18.1 Å². The molecule has 2 heterocycles. The van der Waals surface area contributed by atoms with Crippen molar-refractivity contribution < 1.29 is 28.5 Å². The fourth-order valence-corrected chi connectivity index (χ4v) is 3.53. The molecular weight excluding hydrogens is 400 g/mol. The zero-order valence-electron chi connectivity index (χ0n) is 15.5. The molecule has 9 nitrogen and oxygen atoms in total. The number of hydrogen-bond donors (Lipinski definition) is 0. The molecule has 3 rings (SSSR count). The highest BCUT2D eigenvalue weighted by Gasteiger charge is 2.36. The standard InChI is InChI=1S/C19H16N2O7S/c1-3-27-17(22)10-20-18(23)16(29-19(20)24)9-13-5-7-15(28-13)14-6-4-12(21(25)26)8-11(14)2/h4-9H,3,10H2,1-2H3. The van der Waals surface area contributed by atoms with Crippen molar-refractivity contribution in [1.29, 1.82) is 0 Å². The highest BCUT2D eigenvalue weighted by molar-refractivity contribution is 8.18. The SMILES string of the molecule is CCOC(=O)CN1C(=O)SC(=Cc2ccc(-c3ccc([N+](=O)[O-])cc3C)o2)C1=O. The predicted octanol–water partition coefficient (Wildman–Crippen LogP) is 3.76. The number of ether oxygens (including phenoxy) is 1. The number of nitro benzene ring substituents is 1. The predicted molar refractivity (Wildman–Crippen MR) is 105 cm³/mol. The van der Waals surface area contributed by atoms with Crippen LogP contribution in [0.4, 0.5) is 10.5 Å². The number of thioether (sulfide) groups is 1. The number of benzene rings is 1. The second-order valence-electron chi connectivity index (χ2n) is 6.03. The average molecular weight is 416 g/mol. The number of nitro groups is 1. The minimum atomic E-state index is -0.662. The molecule has 0 atom stereocenters. The molecule has 0 saturated carbocycles. The molecule has 0 spiro atoms. The van der Waals surface area contributed by atoms with Crippen LogP contribution in [0.2, 0.25) is 0 Å². The van der Waals surface area contributed by atoms with Crippen molar-refractivity contribution in [3.05, 3.63) is 56.7 Å². The van der Waals surface area contributed by atoms with Crippen molar-refractivity contribution >= 4 is 40.6 Å². The van der Waals surface area contributed by atoms with Crippen molar-refractivity contribution in [2.24, 2.45) is 0 Å². The summed E-state index contributed by atoms with van der Waals surface area (Å²) < 4.78 is 10.5. The minimum absolute atomic E-state index is 0.0201. The maximum Gasteiger partial charge on any atom is 0.326 e. The Bertz CT molecular complexity index is 1040. The molecule has 0 bridgehead atoms. The summed E-state index contributed by atoms with van der Waals surface area (Å²) in [6.45, 7) is 3.07. The first-order valence-corrected chi connectivity index (χ1v) is 9.38. The van der Waals surface area contributed by atoms with Gasteiger partial charge in [0.15, 0.2) is 0 Å². The van der Waals surface area contributed by atoms with E-state index in [9.17, 15) is 24.5 Å². The van der Waals surface area contributed by atoms with Crippen molar-refractivity contribution in [3.8, 4) is 11.3 Å². The molecule has 0 radical (unpaired) electrons. The zero-order valence-corrected chi connectivity index (χ0v) is 16.4. The van der Waals surface area contributed by atoms with E-state index in [1.165, 1.54) is 18.2 Å². The lowest BCUT2D eigenvalue weighted by molar-refractivity contribution is -0.384. The highest BCUT2D eigenvalue weighted by Crippen LogP contribution is 2.34. The summed E-state index contributed by atoms with van der Waals surface area (Å²) in [4.78, 5) is 47.3. The Morgan fingerprint density at radius 3 is 2.72 bits per heavy atom. The summed E-state index contributed by atoms with van der Waals surface area (Å²) in [6.07, 6.45) is 1.42. The van der Waals surface area contributed by atoms with Crippen LogP contribution in [0.25, 0.3) is 17.4 Å². The maximum absolute atomic E-state index is 12.4. The van der Waals surface area contributed by atoms with Crippen LogP contribution in [0, 0.1) is 17.0 Å². The van der Waals surface area contributed by atoms with Gasteiger partial charge in [-0.15, -0.1) is 0 Å². The Labute approximate surface area is 169 Å². The van der Waals surface area contributed by atoms with Gasteiger partial charge in [0.05, 0.1) is 16.4 Å². The first-order valence-electron chi connectivity index (χ1n) is 8.56. The van der Waals surface area contributed by atoms with E-state index in [1.807, 2.05) is 0 Å². The number of nitrogens with zero attached hydrogens (tertiary/aromatic N) is 2. The van der Waals surface area contributed by atoms with E-state index in [-0.39, 0.29) is 17.2 Å². The van der Waals surface area contributed by atoms with Crippen LogP contribution < -0.4 is 0 Å². The lowest BCUT2D eigenvalue weighted by atomic mass is 10.1. The van der Waals surface area contributed by atoms with Gasteiger partial charge in [0.25, 0.3) is 16.8 Å². The molecule has 1 saturated heterocycles. The molecule has 10 heteroatoms. The summed E-state index contributed by atoms with van der Waals surface area (Å²) in [6, 6.07) is 7.70. The molecule has 150 valence electrons. The molecule has 2 amide bonds. The van der Waals surface area contributed by atoms with Crippen LogP contribution in [0.5, 0.6) is 0 Å². The van der Waals surface area contributed by atoms with Crippen LogP contribution in [0.1, 0.15) is 18.2 Å². The van der Waals surface area contributed by atoms with Gasteiger partial charge in [-0.2, -0.15) is 0 Å². The fourth-order valence-electron chi connectivity index (χ4n) is 2.71. The van der Waals surface area contributed by atoms with Gasteiger partial charge in [-0.05, 0) is 49.4 Å². The number of non-ortho nitro benzene ring substituents is 1. The Hall–Kier alpha value is -3.40. The molecular formula is C19H16N2O7S. The number of hydrogen-bond acceptors (Lipinski definition) is 8. The number of carbonyl (C=O) groups is 3. The second kappa shape index (κ2) is 8.31. The molecule has 1 aromatic heterocycles.